The normalized spacial score (nSPS) is 38.8. The first kappa shape index (κ1) is 12.2. The maximum atomic E-state index is 3.63. The zero-order valence-corrected chi connectivity index (χ0v) is 14.0. The molecule has 6 rings (SSSR count). The molecule has 0 radical (unpaired) electrons. The van der Waals surface area contributed by atoms with Crippen LogP contribution in [0.25, 0.3) is 10.1 Å². The molecule has 4 fully saturated rings. The van der Waals surface area contributed by atoms with Crippen molar-refractivity contribution in [1.29, 1.82) is 0 Å². The summed E-state index contributed by atoms with van der Waals surface area (Å²) in [6.45, 7) is 0. The van der Waals surface area contributed by atoms with Gasteiger partial charge in [0.25, 0.3) is 0 Å². The molecule has 1 aromatic carbocycles. The van der Waals surface area contributed by atoms with Gasteiger partial charge in [-0.25, -0.2) is 0 Å². The molecule has 20 heavy (non-hydrogen) atoms. The molecule has 0 atom stereocenters. The molecule has 4 saturated carbocycles. The zero-order valence-electron chi connectivity index (χ0n) is 11.6. The summed E-state index contributed by atoms with van der Waals surface area (Å²) >= 11 is 5.49. The molecule has 4 aliphatic carbocycles. The second-order valence-corrected chi connectivity index (χ2v) is 9.96. The minimum absolute atomic E-state index is 0.539. The third-order valence-electron chi connectivity index (χ3n) is 6.14. The Labute approximate surface area is 132 Å². The van der Waals surface area contributed by atoms with Crippen LogP contribution in [0.5, 0.6) is 0 Å². The Balaban J connectivity index is 1.63. The number of hydrogen-bond acceptors (Lipinski definition) is 1. The highest BCUT2D eigenvalue weighted by Crippen LogP contribution is 2.60. The van der Waals surface area contributed by atoms with Crippen molar-refractivity contribution in [3.8, 4) is 0 Å². The van der Waals surface area contributed by atoms with Crippen LogP contribution in [0.3, 0.4) is 0 Å². The first-order valence-corrected chi connectivity index (χ1v) is 9.51. The van der Waals surface area contributed by atoms with Crippen LogP contribution in [0.1, 0.15) is 44.1 Å². The average Bonchev–Trinajstić information content (AvgIpc) is 2.76. The van der Waals surface area contributed by atoms with Gasteiger partial charge in [0.05, 0.1) is 3.79 Å². The number of benzene rings is 1. The van der Waals surface area contributed by atoms with Crippen LogP contribution in [0, 0.1) is 17.8 Å². The van der Waals surface area contributed by atoms with E-state index in [-0.39, 0.29) is 0 Å². The van der Waals surface area contributed by atoms with E-state index in [1.165, 1.54) is 52.4 Å². The van der Waals surface area contributed by atoms with Crippen molar-refractivity contribution < 1.29 is 0 Å². The lowest BCUT2D eigenvalue weighted by Gasteiger charge is -2.57. The standard InChI is InChI=1S/C18H19BrS/c19-17-7-14-6-15(1-2-16(14)20-17)18-8-11-3-12(9-18)5-13(4-11)10-18/h1-2,6-7,11-13H,3-5,8-10H2. The largest absolute Gasteiger partial charge is 0.128 e. The van der Waals surface area contributed by atoms with Crippen molar-refractivity contribution in [2.45, 2.75) is 43.9 Å². The monoisotopic (exact) mass is 346 g/mol. The predicted molar refractivity (Wildman–Crippen MR) is 89.4 cm³/mol. The van der Waals surface area contributed by atoms with Gasteiger partial charge >= 0.3 is 0 Å². The first-order valence-electron chi connectivity index (χ1n) is 7.90. The molecule has 0 unspecified atom stereocenters. The third-order valence-corrected chi connectivity index (χ3v) is 7.76. The number of thiophene rings is 1. The van der Waals surface area contributed by atoms with Gasteiger partial charge in [0.1, 0.15) is 0 Å². The van der Waals surface area contributed by atoms with E-state index in [1.54, 1.807) is 5.56 Å². The fourth-order valence-electron chi connectivity index (χ4n) is 5.81. The highest BCUT2D eigenvalue weighted by Gasteiger charge is 2.51. The average molecular weight is 347 g/mol. The van der Waals surface area contributed by atoms with Gasteiger partial charge in [-0.05, 0) is 107 Å². The molecule has 4 bridgehead atoms. The molecule has 0 saturated heterocycles. The lowest BCUT2D eigenvalue weighted by Crippen LogP contribution is -2.48. The van der Waals surface area contributed by atoms with E-state index in [0.29, 0.717) is 5.41 Å². The third kappa shape index (κ3) is 1.70. The number of halogens is 1. The second-order valence-electron chi connectivity index (χ2n) is 7.50. The van der Waals surface area contributed by atoms with E-state index in [0.717, 1.165) is 17.8 Å². The van der Waals surface area contributed by atoms with Gasteiger partial charge in [-0.1, -0.05) is 6.07 Å². The molecule has 0 spiro atoms. The van der Waals surface area contributed by atoms with Crippen LogP contribution >= 0.6 is 27.3 Å². The van der Waals surface area contributed by atoms with E-state index in [2.05, 4.69) is 40.2 Å². The molecular weight excluding hydrogens is 328 g/mol. The minimum Gasteiger partial charge on any atom is -0.128 e. The fraction of sp³-hybridized carbons (Fsp3) is 0.556. The van der Waals surface area contributed by atoms with Crippen LogP contribution in [0.4, 0.5) is 0 Å². The Morgan fingerprint density at radius 2 is 1.60 bits per heavy atom. The molecule has 0 aliphatic heterocycles. The Morgan fingerprint density at radius 3 is 2.25 bits per heavy atom. The molecule has 2 aromatic rings. The lowest BCUT2D eigenvalue weighted by molar-refractivity contribution is -0.00512. The van der Waals surface area contributed by atoms with Crippen molar-refractivity contribution in [2.24, 2.45) is 17.8 Å². The van der Waals surface area contributed by atoms with Crippen LogP contribution in [-0.2, 0) is 5.41 Å². The smallest absolute Gasteiger partial charge is 0.0711 e. The van der Waals surface area contributed by atoms with E-state index in [1.807, 2.05) is 11.3 Å². The van der Waals surface area contributed by atoms with Gasteiger partial charge in [-0.15, -0.1) is 11.3 Å². The number of rotatable bonds is 1. The summed E-state index contributed by atoms with van der Waals surface area (Å²) in [5.74, 6) is 3.10. The summed E-state index contributed by atoms with van der Waals surface area (Å²) in [6.07, 6.45) is 9.00. The lowest BCUT2D eigenvalue weighted by atomic mass is 9.48. The second kappa shape index (κ2) is 4.10. The van der Waals surface area contributed by atoms with Gasteiger partial charge in [-0.2, -0.15) is 0 Å². The van der Waals surface area contributed by atoms with Gasteiger partial charge in [0.2, 0.25) is 0 Å². The Hall–Kier alpha value is -0.340. The Bertz CT molecular complexity index is 648. The van der Waals surface area contributed by atoms with Gasteiger partial charge in [0.15, 0.2) is 0 Å². The van der Waals surface area contributed by atoms with Gasteiger partial charge in [0, 0.05) is 4.70 Å². The van der Waals surface area contributed by atoms with Crippen molar-refractivity contribution >= 4 is 37.4 Å². The zero-order chi connectivity index (χ0) is 13.3. The number of hydrogen-bond donors (Lipinski definition) is 0. The summed E-state index contributed by atoms with van der Waals surface area (Å²) in [4.78, 5) is 0. The predicted octanol–water partition coefficient (Wildman–Crippen LogP) is 6.13. The van der Waals surface area contributed by atoms with Crippen molar-refractivity contribution in [1.82, 2.24) is 0 Å². The molecule has 0 amide bonds. The molecule has 0 N–H and O–H groups in total. The Kier molecular flexibility index (Phi) is 2.51. The molecule has 1 heterocycles. The maximum absolute atomic E-state index is 3.63. The van der Waals surface area contributed by atoms with Gasteiger partial charge < -0.3 is 0 Å². The van der Waals surface area contributed by atoms with Crippen molar-refractivity contribution in [2.75, 3.05) is 0 Å². The summed E-state index contributed by atoms with van der Waals surface area (Å²) in [6, 6.07) is 9.60. The quantitative estimate of drug-likeness (QED) is 0.582. The van der Waals surface area contributed by atoms with Crippen LogP contribution < -0.4 is 0 Å². The van der Waals surface area contributed by atoms with E-state index >= 15 is 0 Å². The highest BCUT2D eigenvalue weighted by atomic mass is 79.9. The summed E-state index contributed by atoms with van der Waals surface area (Å²) in [5, 5.41) is 1.44. The molecule has 2 heteroatoms. The highest BCUT2D eigenvalue weighted by molar-refractivity contribution is 9.11. The summed E-state index contributed by atoms with van der Waals surface area (Å²) < 4.78 is 2.68. The molecule has 1 aromatic heterocycles. The molecule has 0 nitrogen and oxygen atoms in total. The maximum Gasteiger partial charge on any atom is 0.0711 e. The Morgan fingerprint density at radius 1 is 0.950 bits per heavy atom. The van der Waals surface area contributed by atoms with E-state index in [9.17, 15) is 0 Å². The minimum atomic E-state index is 0.539. The van der Waals surface area contributed by atoms with Crippen LogP contribution in [-0.4, -0.2) is 0 Å². The van der Waals surface area contributed by atoms with Crippen molar-refractivity contribution in [3.05, 3.63) is 33.6 Å². The van der Waals surface area contributed by atoms with Crippen LogP contribution in [0.15, 0.2) is 28.1 Å². The fourth-order valence-corrected chi connectivity index (χ4v) is 7.34. The summed E-state index contributed by atoms with van der Waals surface area (Å²) in [5.41, 5.74) is 2.19. The summed E-state index contributed by atoms with van der Waals surface area (Å²) in [7, 11) is 0. The van der Waals surface area contributed by atoms with E-state index in [4.69, 9.17) is 0 Å². The number of fused-ring (bicyclic) bond motifs is 1. The van der Waals surface area contributed by atoms with Crippen LogP contribution in [0.2, 0.25) is 0 Å². The molecular formula is C18H19BrS. The first-order chi connectivity index (χ1) is 9.70. The molecule has 4 aliphatic rings. The van der Waals surface area contributed by atoms with Gasteiger partial charge in [-0.3, -0.25) is 0 Å². The molecule has 104 valence electrons. The topological polar surface area (TPSA) is 0 Å². The SMILES string of the molecule is Brc1cc2cc(C34CC5CC(CC(C5)C3)C4)ccc2s1. The van der Waals surface area contributed by atoms with Crippen molar-refractivity contribution in [3.63, 3.8) is 0 Å². The van der Waals surface area contributed by atoms with E-state index < -0.39 is 0 Å².